The molecule has 2 saturated heterocycles. The van der Waals surface area contributed by atoms with Crippen molar-refractivity contribution in [3.8, 4) is 23.0 Å². The van der Waals surface area contributed by atoms with Gasteiger partial charge in [0.1, 0.15) is 11.4 Å². The molecule has 74 heavy (non-hydrogen) atoms. The van der Waals surface area contributed by atoms with Crippen molar-refractivity contribution in [1.82, 2.24) is 61.6 Å². The second-order valence-corrected chi connectivity index (χ2v) is 19.5. The van der Waals surface area contributed by atoms with E-state index in [9.17, 15) is 38.4 Å². The topological polar surface area (TPSA) is 318 Å². The van der Waals surface area contributed by atoms with Gasteiger partial charge >= 0.3 is 11.9 Å². The molecule has 0 unspecified atom stereocenters. The number of hydrogen-bond donors (Lipinski definition) is 8. The van der Waals surface area contributed by atoms with Crippen molar-refractivity contribution in [2.24, 2.45) is 0 Å². The largest absolute Gasteiger partial charge is 0.452 e. The number of imidazole rings is 2. The number of hydrogen-bond acceptors (Lipinski definition) is 14. The van der Waals surface area contributed by atoms with E-state index in [-0.39, 0.29) is 74.2 Å². The highest BCUT2D eigenvalue weighted by Gasteiger charge is 2.32. The van der Waals surface area contributed by atoms with Crippen LogP contribution >= 0.6 is 0 Å². The molecule has 22 nitrogen and oxygen atoms in total. The van der Waals surface area contributed by atoms with Gasteiger partial charge in [0.05, 0.1) is 46.3 Å². The molecule has 2 aliphatic heterocycles. The number of carbonyl (C=O) groups is 8. The van der Waals surface area contributed by atoms with Gasteiger partial charge in [0, 0.05) is 62.0 Å². The van der Waals surface area contributed by atoms with Gasteiger partial charge in [-0.1, -0.05) is 50.7 Å². The van der Waals surface area contributed by atoms with Crippen LogP contribution in [-0.2, 0) is 51.1 Å². The molecule has 4 fully saturated rings. The fraction of sp³-hybridized carbons (Fsp3) is 0.462. The molecular formula is C52H60N12O10. The predicted octanol–water partition coefficient (Wildman–Crippen LogP) is 4.51. The van der Waals surface area contributed by atoms with Crippen LogP contribution < -0.4 is 21.3 Å². The Hall–Kier alpha value is -8.04. The van der Waals surface area contributed by atoms with Crippen LogP contribution in [0.2, 0.25) is 0 Å². The van der Waals surface area contributed by atoms with E-state index in [1.165, 1.54) is 12.8 Å². The molecule has 0 radical (unpaired) electrons. The number of ether oxygens (including phenoxy) is 2. The molecule has 2 aromatic carbocycles. The number of nitrogens with one attached hydrogen (secondary N) is 8. The first kappa shape index (κ1) is 50.9. The monoisotopic (exact) mass is 1010 g/mol. The minimum absolute atomic E-state index is 0.117. The summed E-state index contributed by atoms with van der Waals surface area (Å²) in [7, 11) is 0. The van der Waals surface area contributed by atoms with Crippen LogP contribution in [-0.4, -0.2) is 125 Å². The van der Waals surface area contributed by atoms with Crippen molar-refractivity contribution in [1.29, 1.82) is 0 Å². The Morgan fingerprint density at radius 3 is 1.35 bits per heavy atom. The molecule has 6 aromatic rings. The van der Waals surface area contributed by atoms with Crippen LogP contribution in [0.4, 0.5) is 0 Å². The molecule has 10 rings (SSSR count). The molecule has 0 bridgehead atoms. The summed E-state index contributed by atoms with van der Waals surface area (Å²) in [6, 6.07) is 11.2. The Labute approximate surface area is 424 Å². The quantitative estimate of drug-likeness (QED) is 0.0619. The summed E-state index contributed by atoms with van der Waals surface area (Å²) in [5.74, 6) is -1.45. The molecule has 388 valence electrons. The zero-order valence-electron chi connectivity index (χ0n) is 41.4. The number of aromatic nitrogens is 8. The SMILES string of the molecule is Cc1[nH]nc(-c2nc3ccc(CC(=O)CNC(=O)[C@@H]4CCC(=O)O4)cc3[nH]2)c1C(=O)NC1CCCCC1.Cc1[nH]nc(-c2nc3ccc(CC(=O)CNC(=O)[C@H]4CCC(=O)O4)cc3[nH]2)c1C(=O)NC1CCCCC1. The first-order valence-electron chi connectivity index (χ1n) is 25.4. The highest BCUT2D eigenvalue weighted by Crippen LogP contribution is 2.28. The number of rotatable bonds is 16. The Bertz CT molecular complexity index is 2910. The van der Waals surface area contributed by atoms with E-state index in [1.54, 1.807) is 24.3 Å². The predicted molar refractivity (Wildman–Crippen MR) is 267 cm³/mol. The Balaban J connectivity index is 0.000000182. The summed E-state index contributed by atoms with van der Waals surface area (Å²) in [5, 5.41) is 25.9. The van der Waals surface area contributed by atoms with Gasteiger partial charge in [-0.3, -0.25) is 48.6 Å². The lowest BCUT2D eigenvalue weighted by Gasteiger charge is -2.22. The number of carbonyl (C=O) groups excluding carboxylic acids is 8. The van der Waals surface area contributed by atoms with Crippen LogP contribution in [0, 0.1) is 13.8 Å². The standard InChI is InChI=1S/2C26H30N6O5/c2*1-14-22(26(36)28-16-5-3-2-4-6-16)23(32-31-14)24-29-18-8-7-15(12-19(18)30-24)11-17(33)13-27-25(35)20-9-10-21(34)37-20/h2*7-8,12,16,20H,2-6,9-11,13H2,1H3,(H,27,35)(H,28,36)(H,29,30)(H,31,32)/t2*20-/m10/s1. The molecular weight excluding hydrogens is 953 g/mol. The van der Waals surface area contributed by atoms with E-state index in [2.05, 4.69) is 61.6 Å². The number of benzene rings is 2. The van der Waals surface area contributed by atoms with Crippen LogP contribution in [0.25, 0.3) is 45.1 Å². The number of cyclic esters (lactones) is 2. The fourth-order valence-corrected chi connectivity index (χ4v) is 9.92. The van der Waals surface area contributed by atoms with Crippen LogP contribution in [0.15, 0.2) is 36.4 Å². The second-order valence-electron chi connectivity index (χ2n) is 19.5. The number of amides is 4. The third-order valence-electron chi connectivity index (χ3n) is 13.8. The highest BCUT2D eigenvalue weighted by atomic mass is 16.6. The minimum Gasteiger partial charge on any atom is -0.452 e. The number of esters is 2. The molecule has 22 heteroatoms. The maximum absolute atomic E-state index is 13.1. The molecule has 4 aromatic heterocycles. The van der Waals surface area contributed by atoms with Crippen molar-refractivity contribution >= 4 is 69.2 Å². The molecule has 4 aliphatic rings. The number of Topliss-reactive ketones (excluding diaryl/α,β-unsaturated/α-hetero) is 2. The maximum Gasteiger partial charge on any atom is 0.306 e. The Morgan fingerprint density at radius 1 is 0.568 bits per heavy atom. The normalized spacial score (nSPS) is 18.1. The van der Waals surface area contributed by atoms with E-state index in [0.717, 1.165) is 62.5 Å². The minimum atomic E-state index is -0.819. The average molecular weight is 1010 g/mol. The van der Waals surface area contributed by atoms with E-state index in [1.807, 2.05) is 26.0 Å². The summed E-state index contributed by atoms with van der Waals surface area (Å²) in [6.07, 6.45) is 10.5. The summed E-state index contributed by atoms with van der Waals surface area (Å²) < 4.78 is 9.83. The molecule has 0 spiro atoms. The van der Waals surface area contributed by atoms with Crippen molar-refractivity contribution in [3.63, 3.8) is 0 Å². The zero-order valence-corrected chi connectivity index (χ0v) is 41.4. The second kappa shape index (κ2) is 22.8. The van der Waals surface area contributed by atoms with Gasteiger partial charge in [0.15, 0.2) is 35.4 Å². The molecule has 2 atom stereocenters. The summed E-state index contributed by atoms with van der Waals surface area (Å²) in [6.45, 7) is 3.33. The first-order valence-corrected chi connectivity index (χ1v) is 25.4. The number of fused-ring (bicyclic) bond motifs is 2. The van der Waals surface area contributed by atoms with Gasteiger partial charge in [-0.2, -0.15) is 10.2 Å². The third-order valence-corrected chi connectivity index (χ3v) is 13.8. The number of ketones is 2. The summed E-state index contributed by atoms with van der Waals surface area (Å²) in [5.41, 5.74) is 7.49. The lowest BCUT2D eigenvalue weighted by atomic mass is 9.95. The van der Waals surface area contributed by atoms with E-state index >= 15 is 0 Å². The van der Waals surface area contributed by atoms with Gasteiger partial charge in [-0.25, -0.2) is 9.97 Å². The lowest BCUT2D eigenvalue weighted by molar-refractivity contribution is -0.148. The average Bonchev–Trinajstić information content (AvgIpc) is 4.27. The van der Waals surface area contributed by atoms with Crippen LogP contribution in [0.1, 0.15) is 133 Å². The smallest absolute Gasteiger partial charge is 0.306 e. The molecule has 6 heterocycles. The highest BCUT2D eigenvalue weighted by molar-refractivity contribution is 6.02. The van der Waals surface area contributed by atoms with Crippen molar-refractivity contribution in [3.05, 3.63) is 70.0 Å². The number of aromatic amines is 4. The van der Waals surface area contributed by atoms with E-state index < -0.39 is 36.0 Å². The van der Waals surface area contributed by atoms with Gasteiger partial charge in [0.25, 0.3) is 23.6 Å². The van der Waals surface area contributed by atoms with Crippen LogP contribution in [0.3, 0.4) is 0 Å². The summed E-state index contributed by atoms with van der Waals surface area (Å²) >= 11 is 0. The van der Waals surface area contributed by atoms with Gasteiger partial charge in [-0.05, 0) is 74.9 Å². The first-order chi connectivity index (χ1) is 35.7. The lowest BCUT2D eigenvalue weighted by Crippen LogP contribution is -2.38. The Morgan fingerprint density at radius 2 is 0.973 bits per heavy atom. The molecule has 8 N–H and O–H groups in total. The van der Waals surface area contributed by atoms with E-state index in [0.29, 0.717) is 80.5 Å². The zero-order chi connectivity index (χ0) is 51.9. The summed E-state index contributed by atoms with van der Waals surface area (Å²) in [4.78, 5) is 113. The van der Waals surface area contributed by atoms with Gasteiger partial charge in [0.2, 0.25) is 0 Å². The maximum atomic E-state index is 13.1. The molecule has 2 saturated carbocycles. The van der Waals surface area contributed by atoms with Gasteiger partial charge < -0.3 is 40.7 Å². The number of aryl methyl sites for hydroxylation is 2. The number of H-pyrrole nitrogens is 4. The van der Waals surface area contributed by atoms with Gasteiger partial charge in [-0.15, -0.1) is 0 Å². The van der Waals surface area contributed by atoms with Crippen LogP contribution in [0.5, 0.6) is 0 Å². The third kappa shape index (κ3) is 12.2. The van der Waals surface area contributed by atoms with Crippen molar-refractivity contribution in [2.75, 3.05) is 13.1 Å². The van der Waals surface area contributed by atoms with Crippen molar-refractivity contribution in [2.45, 2.75) is 141 Å². The number of nitrogens with zero attached hydrogens (tertiary/aromatic N) is 4. The Kier molecular flexibility index (Phi) is 15.7. The fourth-order valence-electron chi connectivity index (χ4n) is 9.92. The van der Waals surface area contributed by atoms with Crippen molar-refractivity contribution < 1.29 is 47.8 Å². The van der Waals surface area contributed by atoms with E-state index in [4.69, 9.17) is 9.47 Å². The molecule has 4 amide bonds. The molecule has 2 aliphatic carbocycles.